The molecule has 0 aliphatic carbocycles. The Morgan fingerprint density at radius 1 is 1.29 bits per heavy atom. The molecule has 148 valence electrons. The molecule has 4 N–H and O–H groups in total. The van der Waals surface area contributed by atoms with Crippen molar-refractivity contribution in [3.05, 3.63) is 30.6 Å². The third-order valence-electron chi connectivity index (χ3n) is 3.36. The lowest BCUT2D eigenvalue weighted by atomic mass is 10.3. The largest absolute Gasteiger partial charge is 0.335 e. The molecule has 3 aromatic rings. The van der Waals surface area contributed by atoms with Crippen LogP contribution in [0.2, 0.25) is 0 Å². The van der Waals surface area contributed by atoms with Crippen molar-refractivity contribution in [2.45, 2.75) is 10.1 Å². The second-order valence-corrected chi connectivity index (χ2v) is 8.46. The fourth-order valence-electron chi connectivity index (χ4n) is 2.06. The molecule has 28 heavy (non-hydrogen) atoms. The molecule has 0 spiro atoms. The van der Waals surface area contributed by atoms with E-state index in [0.29, 0.717) is 16.6 Å². The standard InChI is InChI=1S/C14H17N9O3S2/c1-21(2)9-17-28(25,26)11-5-3-10(4-6-11)18-12(24)7-27-14-20-19-13-22(15)8-16-23(13)14/h3-6,8-9H,7,15H2,1-2H3,(H,18,24)/p+1. The molecule has 0 saturated carbocycles. The predicted molar refractivity (Wildman–Crippen MR) is 103 cm³/mol. The highest BCUT2D eigenvalue weighted by Gasteiger charge is 2.17. The Hall–Kier alpha value is -3.13. The van der Waals surface area contributed by atoms with Gasteiger partial charge < -0.3 is 11.2 Å². The fourth-order valence-corrected chi connectivity index (χ4v) is 3.72. The average Bonchev–Trinajstić information content (AvgIpc) is 3.22. The summed E-state index contributed by atoms with van der Waals surface area (Å²) in [5.41, 5.74) is 0.471. The summed E-state index contributed by atoms with van der Waals surface area (Å²) in [6.07, 6.45) is 2.71. The third-order valence-corrected chi connectivity index (χ3v) is 5.59. The van der Waals surface area contributed by atoms with Gasteiger partial charge in [-0.2, -0.15) is 22.8 Å². The number of anilines is 1. The summed E-state index contributed by atoms with van der Waals surface area (Å²) in [5.74, 6) is 5.75. The number of hydrogen-bond donors (Lipinski definition) is 3. The van der Waals surface area contributed by atoms with Crippen LogP contribution in [0.4, 0.5) is 5.69 Å². The molecule has 0 aliphatic rings. The van der Waals surface area contributed by atoms with E-state index in [1.54, 1.807) is 18.7 Å². The fraction of sp³-hybridized carbons (Fsp3) is 0.214. The molecule has 0 fully saturated rings. The van der Waals surface area contributed by atoms with Gasteiger partial charge in [0.2, 0.25) is 17.4 Å². The van der Waals surface area contributed by atoms with E-state index in [4.69, 9.17) is 5.84 Å². The van der Waals surface area contributed by atoms with Crippen LogP contribution < -0.4 is 15.9 Å². The van der Waals surface area contributed by atoms with Gasteiger partial charge in [0.1, 0.15) is 11.2 Å². The monoisotopic (exact) mass is 424 g/mol. The van der Waals surface area contributed by atoms with E-state index in [2.05, 4.69) is 25.3 Å². The molecule has 2 heterocycles. The van der Waals surface area contributed by atoms with Gasteiger partial charge in [-0.3, -0.25) is 9.37 Å². The summed E-state index contributed by atoms with van der Waals surface area (Å²) in [6, 6.07) is 5.84. The topological polar surface area (TPSA) is 152 Å². The van der Waals surface area contributed by atoms with Gasteiger partial charge in [0.25, 0.3) is 5.78 Å². The van der Waals surface area contributed by atoms with Crippen molar-refractivity contribution in [1.82, 2.24) is 29.2 Å². The van der Waals surface area contributed by atoms with Crippen LogP contribution in [0.5, 0.6) is 0 Å². The molecule has 0 radical (unpaired) electrons. The average molecular weight is 424 g/mol. The number of hydrogen-bond acceptors (Lipinski definition) is 8. The first kappa shape index (κ1) is 19.6. The summed E-state index contributed by atoms with van der Waals surface area (Å²) >= 11 is 1.15. The normalized spacial score (nSPS) is 11.4. The van der Waals surface area contributed by atoms with Crippen LogP contribution in [-0.4, -0.2) is 69.6 Å². The first-order chi connectivity index (χ1) is 13.3. The maximum absolute atomic E-state index is 12.1. The van der Waals surface area contributed by atoms with E-state index in [1.807, 2.05) is 0 Å². The molecule has 1 amide bonds. The zero-order valence-electron chi connectivity index (χ0n) is 15.0. The summed E-state index contributed by atoms with van der Waals surface area (Å²) in [4.78, 5) is 12.2. The van der Waals surface area contributed by atoms with Crippen molar-refractivity contribution in [3.8, 4) is 0 Å². The number of fused-ring (bicyclic) bond motifs is 1. The van der Waals surface area contributed by atoms with Crippen LogP contribution >= 0.6 is 11.8 Å². The zero-order chi connectivity index (χ0) is 20.3. The van der Waals surface area contributed by atoms with Crippen molar-refractivity contribution >= 4 is 45.5 Å². The number of nitrogens with one attached hydrogen (secondary N) is 2. The van der Waals surface area contributed by atoms with E-state index in [0.717, 1.165) is 11.8 Å². The van der Waals surface area contributed by atoms with Crippen LogP contribution in [0.3, 0.4) is 0 Å². The summed E-state index contributed by atoms with van der Waals surface area (Å²) in [5, 5.41) is 14.9. The number of aromatic nitrogens is 5. The van der Waals surface area contributed by atoms with Gasteiger partial charge in [-0.1, -0.05) is 11.8 Å². The van der Waals surface area contributed by atoms with Crippen LogP contribution in [0.1, 0.15) is 0 Å². The predicted octanol–water partition coefficient (Wildman–Crippen LogP) is -1.05. The molecular formula is C14H18N9O3S2+. The van der Waals surface area contributed by atoms with E-state index < -0.39 is 10.0 Å². The SMILES string of the molecule is C[N+](C)=CNS(=O)(=O)c1ccc(NC(=O)CSc2nnc3n(N)cnn23)cc1. The second kappa shape index (κ2) is 7.85. The van der Waals surface area contributed by atoms with E-state index >= 15 is 0 Å². The highest BCUT2D eigenvalue weighted by Crippen LogP contribution is 2.17. The molecule has 3 rings (SSSR count). The number of amides is 1. The molecular weight excluding hydrogens is 406 g/mol. The van der Waals surface area contributed by atoms with E-state index in [9.17, 15) is 13.2 Å². The number of nitrogens with zero attached hydrogens (tertiary/aromatic N) is 6. The van der Waals surface area contributed by atoms with Gasteiger partial charge in [-0.25, -0.2) is 4.68 Å². The van der Waals surface area contributed by atoms with Gasteiger partial charge in [0.15, 0.2) is 0 Å². The van der Waals surface area contributed by atoms with Crippen molar-refractivity contribution in [3.63, 3.8) is 0 Å². The number of nitrogens with two attached hydrogens (primary N) is 1. The van der Waals surface area contributed by atoms with Gasteiger partial charge in [-0.05, 0) is 24.3 Å². The Balaban J connectivity index is 1.59. The maximum atomic E-state index is 12.1. The van der Waals surface area contributed by atoms with Crippen molar-refractivity contribution in [1.29, 1.82) is 0 Å². The number of carbonyl (C=O) groups excluding carboxylic acids is 1. The minimum atomic E-state index is -3.66. The molecule has 0 unspecified atom stereocenters. The zero-order valence-corrected chi connectivity index (χ0v) is 16.6. The molecule has 0 aliphatic heterocycles. The van der Waals surface area contributed by atoms with Crippen molar-refractivity contribution < 1.29 is 17.8 Å². The van der Waals surface area contributed by atoms with E-state index in [1.165, 1.54) is 46.1 Å². The van der Waals surface area contributed by atoms with Crippen LogP contribution in [0, 0.1) is 0 Å². The Kier molecular flexibility index (Phi) is 5.51. The molecule has 14 heteroatoms. The molecule has 2 aromatic heterocycles. The Bertz CT molecular complexity index is 1130. The number of sulfonamides is 1. The van der Waals surface area contributed by atoms with Crippen molar-refractivity contribution in [2.75, 3.05) is 31.0 Å². The van der Waals surface area contributed by atoms with Crippen LogP contribution in [0.15, 0.2) is 40.6 Å². The minimum absolute atomic E-state index is 0.0671. The third kappa shape index (κ3) is 4.40. The quantitative estimate of drug-likeness (QED) is 0.143. The van der Waals surface area contributed by atoms with Gasteiger partial charge in [0, 0.05) is 5.69 Å². The van der Waals surface area contributed by atoms with Crippen molar-refractivity contribution in [2.24, 2.45) is 0 Å². The molecule has 0 bridgehead atoms. The molecule has 0 saturated heterocycles. The Morgan fingerprint density at radius 2 is 2.00 bits per heavy atom. The Morgan fingerprint density at radius 3 is 2.68 bits per heavy atom. The number of benzene rings is 1. The Labute approximate surface area is 164 Å². The number of rotatable bonds is 7. The minimum Gasteiger partial charge on any atom is -0.335 e. The second-order valence-electron chi connectivity index (χ2n) is 5.81. The molecule has 0 atom stereocenters. The molecule has 1 aromatic carbocycles. The highest BCUT2D eigenvalue weighted by molar-refractivity contribution is 7.99. The van der Waals surface area contributed by atoms with Gasteiger partial charge in [0.05, 0.1) is 19.8 Å². The van der Waals surface area contributed by atoms with Gasteiger partial charge >= 0.3 is 10.0 Å². The maximum Gasteiger partial charge on any atom is 0.328 e. The lowest BCUT2D eigenvalue weighted by molar-refractivity contribution is -0.460. The lowest BCUT2D eigenvalue weighted by Gasteiger charge is -2.05. The number of carbonyl (C=O) groups is 1. The smallest absolute Gasteiger partial charge is 0.328 e. The summed E-state index contributed by atoms with van der Waals surface area (Å²) in [7, 11) is -0.261. The number of nitrogen functional groups attached to an aromatic ring is 1. The highest BCUT2D eigenvalue weighted by atomic mass is 32.2. The first-order valence-corrected chi connectivity index (χ1v) is 10.3. The first-order valence-electron chi connectivity index (χ1n) is 7.85. The van der Waals surface area contributed by atoms with Gasteiger partial charge in [-0.15, -0.1) is 10.2 Å². The van der Waals surface area contributed by atoms with Crippen LogP contribution in [-0.2, 0) is 14.8 Å². The number of thioether (sulfide) groups is 1. The summed E-state index contributed by atoms with van der Waals surface area (Å²) < 4.78 is 30.8. The summed E-state index contributed by atoms with van der Waals surface area (Å²) in [6.45, 7) is 0. The lowest BCUT2D eigenvalue weighted by Crippen LogP contribution is -2.25. The van der Waals surface area contributed by atoms with E-state index in [-0.39, 0.29) is 16.6 Å². The molecule has 12 nitrogen and oxygen atoms in total. The van der Waals surface area contributed by atoms with Crippen LogP contribution in [0.25, 0.3) is 5.78 Å².